The molecule has 0 heterocycles. The van der Waals surface area contributed by atoms with Gasteiger partial charge in [-0.1, -0.05) is 116 Å². The Morgan fingerprint density at radius 2 is 0.638 bits per heavy atom. The number of hydrogen-bond donors (Lipinski definition) is 4. The summed E-state index contributed by atoms with van der Waals surface area (Å²) in [5.74, 6) is 1.85. The highest BCUT2D eigenvalue weighted by molar-refractivity contribution is 4.79. The van der Waals surface area contributed by atoms with E-state index < -0.39 is 0 Å². The molecule has 0 bridgehead atoms. The van der Waals surface area contributed by atoms with Gasteiger partial charge in [0.2, 0.25) is 0 Å². The van der Waals surface area contributed by atoms with Crippen LogP contribution in [-0.4, -0.2) is 111 Å². The first kappa shape index (κ1) is 61.9. The fraction of sp³-hybridized carbons (Fsp3) is 1.00. The van der Waals surface area contributed by atoms with E-state index in [9.17, 15) is 0 Å². The van der Waals surface area contributed by atoms with Crippen LogP contribution in [0.2, 0.25) is 0 Å². The quantitative estimate of drug-likeness (QED) is 0.0441. The van der Waals surface area contributed by atoms with Crippen molar-refractivity contribution in [2.75, 3.05) is 92.6 Å². The summed E-state index contributed by atoms with van der Waals surface area (Å²) in [6.07, 6.45) is 10.5. The molecule has 58 heavy (non-hydrogen) atoms. The minimum Gasteiger partial charge on any atom is -0.381 e. The first-order chi connectivity index (χ1) is 27.5. The Hall–Kier alpha value is -0.440. The average molecular weight is 837 g/mol. The van der Waals surface area contributed by atoms with Gasteiger partial charge in [-0.05, 0) is 62.7 Å². The van der Waals surface area contributed by atoms with Crippen molar-refractivity contribution in [1.29, 1.82) is 0 Å². The lowest BCUT2D eigenvalue weighted by Gasteiger charge is -2.32. The lowest BCUT2D eigenvalue weighted by Crippen LogP contribution is -2.39. The molecule has 0 radical (unpaired) electrons. The largest absolute Gasteiger partial charge is 0.381 e. The van der Waals surface area contributed by atoms with Crippen LogP contribution < -0.4 is 22.9 Å². The van der Waals surface area contributed by atoms with Crippen molar-refractivity contribution >= 4 is 0 Å². The third-order valence-electron chi connectivity index (χ3n) is 12.0. The summed E-state index contributed by atoms with van der Waals surface area (Å²) in [6.45, 7) is 39.9. The summed E-state index contributed by atoms with van der Waals surface area (Å²) in [5.41, 5.74) is 23.2. The molecule has 0 saturated heterocycles. The van der Waals surface area contributed by atoms with Crippen LogP contribution in [-0.2, 0) is 33.2 Å². The molecule has 11 heteroatoms. The van der Waals surface area contributed by atoms with Crippen LogP contribution in [0.3, 0.4) is 0 Å². The van der Waals surface area contributed by atoms with Crippen molar-refractivity contribution < 1.29 is 33.2 Å². The standard InChI is InChI=1S/C16H36N2O3.C16H35NO2.C15H33NO2/c1-5-14(4)8-19-10-16(7-3,12-21-13-17)11-20-9-15(18)6-2;1-6-14(5)10-18-12-16(8-3,9-4)13-19-11-15(17)7-2;1-6-13(4)9-17-11-15(5,8-3)12-18-10-14(16)7-2/h14-15H,5-13,17-18H2,1-4H3;14-15H,6-13,17H2,1-5H3;13-14H,6-12,16H2,1-5H3. The maximum absolute atomic E-state index is 5.91. The Morgan fingerprint density at radius 1 is 0.362 bits per heavy atom. The lowest BCUT2D eigenvalue weighted by molar-refractivity contribution is -0.0765. The fourth-order valence-corrected chi connectivity index (χ4v) is 5.13. The molecule has 8 unspecified atom stereocenters. The van der Waals surface area contributed by atoms with E-state index in [4.69, 9.17) is 56.1 Å². The van der Waals surface area contributed by atoms with E-state index in [0.717, 1.165) is 97.6 Å². The van der Waals surface area contributed by atoms with Gasteiger partial charge >= 0.3 is 0 Å². The highest BCUT2D eigenvalue weighted by Gasteiger charge is 2.30. The third kappa shape index (κ3) is 33.2. The Morgan fingerprint density at radius 3 is 0.914 bits per heavy atom. The van der Waals surface area contributed by atoms with Crippen molar-refractivity contribution in [3.63, 3.8) is 0 Å². The Kier molecular flexibility index (Phi) is 42.0. The molecule has 0 saturated carbocycles. The molecule has 0 aliphatic carbocycles. The van der Waals surface area contributed by atoms with Gasteiger partial charge in [-0.25, -0.2) is 0 Å². The number of nitrogens with two attached hydrogens (primary N) is 4. The second-order valence-electron chi connectivity index (χ2n) is 17.9. The topological polar surface area (TPSA) is 169 Å². The molecule has 0 fully saturated rings. The van der Waals surface area contributed by atoms with Gasteiger partial charge < -0.3 is 56.1 Å². The molecule has 0 rings (SSSR count). The van der Waals surface area contributed by atoms with Gasteiger partial charge in [0, 0.05) is 54.2 Å². The van der Waals surface area contributed by atoms with Crippen LogP contribution in [0.15, 0.2) is 0 Å². The van der Waals surface area contributed by atoms with Gasteiger partial charge in [0.05, 0.1) is 72.8 Å². The summed E-state index contributed by atoms with van der Waals surface area (Å²) in [4.78, 5) is 0. The van der Waals surface area contributed by atoms with E-state index in [2.05, 4.69) is 96.9 Å². The maximum Gasteiger partial charge on any atom is 0.0940 e. The number of hydrogen-bond acceptors (Lipinski definition) is 11. The van der Waals surface area contributed by atoms with E-state index in [1.807, 2.05) is 0 Å². The van der Waals surface area contributed by atoms with Crippen molar-refractivity contribution in [1.82, 2.24) is 0 Å². The minimum absolute atomic E-state index is 0.0935. The lowest BCUT2D eigenvalue weighted by atomic mass is 9.84. The molecule has 0 aromatic rings. The van der Waals surface area contributed by atoms with Crippen molar-refractivity contribution in [3.05, 3.63) is 0 Å². The zero-order valence-electron chi connectivity index (χ0n) is 41.1. The molecule has 354 valence electrons. The zero-order valence-corrected chi connectivity index (χ0v) is 41.1. The van der Waals surface area contributed by atoms with Crippen LogP contribution in [0.25, 0.3) is 0 Å². The van der Waals surface area contributed by atoms with E-state index >= 15 is 0 Å². The van der Waals surface area contributed by atoms with Gasteiger partial charge in [0.15, 0.2) is 0 Å². The molecular weight excluding hydrogens is 733 g/mol. The third-order valence-corrected chi connectivity index (χ3v) is 12.0. The number of rotatable bonds is 37. The second kappa shape index (κ2) is 39.4. The molecule has 8 atom stereocenters. The Bertz CT molecular complexity index is 804. The second-order valence-corrected chi connectivity index (χ2v) is 17.9. The summed E-state index contributed by atoms with van der Waals surface area (Å²) < 4.78 is 40.4. The average Bonchev–Trinajstić information content (AvgIpc) is 3.24. The van der Waals surface area contributed by atoms with E-state index in [-0.39, 0.29) is 41.1 Å². The SMILES string of the molecule is CCC(C)COCC(C)(CC)COCC(N)CC.CCC(C)COCC(CC)(CC)COCC(N)CC.CCC(C)COCC(CC)(COCN)COCC(N)CC. The fourth-order valence-electron chi connectivity index (χ4n) is 5.13. The van der Waals surface area contributed by atoms with E-state index in [0.29, 0.717) is 57.4 Å². The molecular formula is C47H104N4O7. The predicted octanol–water partition coefficient (Wildman–Crippen LogP) is 8.96. The molecule has 0 aliphatic rings. The molecule has 0 amide bonds. The normalized spacial score (nSPS) is 17.1. The molecule has 0 aliphatic heterocycles. The van der Waals surface area contributed by atoms with Gasteiger partial charge in [-0.2, -0.15) is 0 Å². The van der Waals surface area contributed by atoms with Crippen LogP contribution in [0.1, 0.15) is 161 Å². The molecule has 0 spiro atoms. The highest BCUT2D eigenvalue weighted by Crippen LogP contribution is 2.28. The van der Waals surface area contributed by atoms with Crippen LogP contribution in [0, 0.1) is 34.0 Å². The molecule has 0 aromatic carbocycles. The summed E-state index contributed by atoms with van der Waals surface area (Å²) >= 11 is 0. The predicted molar refractivity (Wildman–Crippen MR) is 247 cm³/mol. The van der Waals surface area contributed by atoms with E-state index in [1.54, 1.807) is 0 Å². The van der Waals surface area contributed by atoms with E-state index in [1.165, 1.54) is 12.8 Å². The van der Waals surface area contributed by atoms with Crippen molar-refractivity contribution in [2.24, 2.45) is 56.9 Å². The summed E-state index contributed by atoms with van der Waals surface area (Å²) in [5, 5.41) is 0. The number of ether oxygens (including phenoxy) is 7. The smallest absolute Gasteiger partial charge is 0.0940 e. The van der Waals surface area contributed by atoms with Gasteiger partial charge in [0.1, 0.15) is 0 Å². The van der Waals surface area contributed by atoms with Gasteiger partial charge in [-0.15, -0.1) is 0 Å². The van der Waals surface area contributed by atoms with Crippen LogP contribution >= 0.6 is 0 Å². The zero-order chi connectivity index (χ0) is 44.9. The Labute approximate surface area is 361 Å². The van der Waals surface area contributed by atoms with Crippen molar-refractivity contribution in [3.8, 4) is 0 Å². The first-order valence-electron chi connectivity index (χ1n) is 23.5. The molecule has 11 nitrogen and oxygen atoms in total. The Balaban J connectivity index is -0.000000785. The van der Waals surface area contributed by atoms with Crippen LogP contribution in [0.4, 0.5) is 0 Å². The summed E-state index contributed by atoms with van der Waals surface area (Å²) in [6, 6.07) is 0.413. The first-order valence-corrected chi connectivity index (χ1v) is 23.5. The summed E-state index contributed by atoms with van der Waals surface area (Å²) in [7, 11) is 0. The molecule has 0 aromatic heterocycles. The molecule has 8 N–H and O–H groups in total. The van der Waals surface area contributed by atoms with Crippen LogP contribution in [0.5, 0.6) is 0 Å². The minimum atomic E-state index is -0.139. The maximum atomic E-state index is 5.91. The van der Waals surface area contributed by atoms with Crippen molar-refractivity contribution in [2.45, 2.75) is 179 Å². The van der Waals surface area contributed by atoms with Gasteiger partial charge in [-0.3, -0.25) is 0 Å². The highest BCUT2D eigenvalue weighted by atomic mass is 16.5. The van der Waals surface area contributed by atoms with Gasteiger partial charge in [0.25, 0.3) is 0 Å². The monoisotopic (exact) mass is 837 g/mol.